The molecule has 1 aromatic heterocycles. The third-order valence-corrected chi connectivity index (χ3v) is 10.7. The van der Waals surface area contributed by atoms with E-state index in [0.29, 0.717) is 0 Å². The number of nitrogens with zero attached hydrogens (tertiary/aromatic N) is 1. The average molecular weight is 616 g/mol. The molecule has 1 aliphatic rings. The fraction of sp³-hybridized carbons (Fsp3) is 0.106. The zero-order chi connectivity index (χ0) is 32.6. The van der Waals surface area contributed by atoms with Crippen LogP contribution in [0.5, 0.6) is 0 Å². The number of fused-ring (bicyclic) bond motifs is 7. The second-order valence-corrected chi connectivity index (χ2v) is 13.9. The van der Waals surface area contributed by atoms with E-state index >= 15 is 0 Å². The first kappa shape index (κ1) is 28.6. The molecule has 9 rings (SSSR count). The molecule has 0 saturated carbocycles. The van der Waals surface area contributed by atoms with Gasteiger partial charge in [-0.05, 0) is 86.5 Å². The lowest BCUT2D eigenvalue weighted by atomic mass is 9.78. The van der Waals surface area contributed by atoms with Gasteiger partial charge in [-0.3, -0.25) is 0 Å². The van der Waals surface area contributed by atoms with Crippen LogP contribution >= 0.6 is 0 Å². The topological polar surface area (TPSA) is 4.93 Å². The third kappa shape index (κ3) is 4.24. The molecule has 1 aliphatic carbocycles. The zero-order valence-electron chi connectivity index (χ0n) is 27.7. The van der Waals surface area contributed by atoms with E-state index in [0.717, 1.165) is 5.57 Å². The van der Waals surface area contributed by atoms with Crippen molar-refractivity contribution in [2.75, 3.05) is 0 Å². The summed E-state index contributed by atoms with van der Waals surface area (Å²) in [4.78, 5) is 0. The first-order valence-corrected chi connectivity index (χ1v) is 16.9. The molecule has 0 saturated heterocycles. The summed E-state index contributed by atoms with van der Waals surface area (Å²) in [6, 6.07) is 56.4. The van der Waals surface area contributed by atoms with E-state index in [4.69, 9.17) is 0 Å². The van der Waals surface area contributed by atoms with Gasteiger partial charge in [0.15, 0.2) is 0 Å². The minimum absolute atomic E-state index is 0.0910. The minimum Gasteiger partial charge on any atom is -0.309 e. The SMILES string of the molecule is C=C(C)c1ccc(C(c2ccc3c(c2)C(C)(C)c2cc(-n4c5ccccc5c5ccccc54)ccc2-3)c2cccc3ccccc23)cc1. The van der Waals surface area contributed by atoms with Crippen molar-refractivity contribution in [2.45, 2.75) is 32.1 Å². The molecule has 1 nitrogen and oxygen atoms in total. The Bertz CT molecular complexity index is 2500. The van der Waals surface area contributed by atoms with Crippen LogP contribution in [0.1, 0.15) is 60.1 Å². The highest BCUT2D eigenvalue weighted by molar-refractivity contribution is 6.09. The Morgan fingerprint density at radius 3 is 1.81 bits per heavy atom. The van der Waals surface area contributed by atoms with Crippen LogP contribution in [-0.4, -0.2) is 4.57 Å². The van der Waals surface area contributed by atoms with E-state index in [1.165, 1.54) is 82.8 Å². The molecule has 1 unspecified atom stereocenters. The van der Waals surface area contributed by atoms with Crippen LogP contribution in [0.25, 0.3) is 55.0 Å². The maximum absolute atomic E-state index is 4.18. The van der Waals surface area contributed by atoms with Crippen LogP contribution in [0, 0.1) is 0 Å². The van der Waals surface area contributed by atoms with E-state index in [1.54, 1.807) is 0 Å². The Morgan fingerprint density at radius 1 is 0.562 bits per heavy atom. The molecule has 48 heavy (non-hydrogen) atoms. The van der Waals surface area contributed by atoms with Crippen molar-refractivity contribution in [1.29, 1.82) is 0 Å². The number of hydrogen-bond donors (Lipinski definition) is 0. The van der Waals surface area contributed by atoms with Crippen LogP contribution in [0.2, 0.25) is 0 Å². The van der Waals surface area contributed by atoms with Gasteiger partial charge in [0, 0.05) is 27.8 Å². The van der Waals surface area contributed by atoms with Crippen LogP contribution < -0.4 is 0 Å². The van der Waals surface area contributed by atoms with Crippen molar-refractivity contribution in [1.82, 2.24) is 4.57 Å². The van der Waals surface area contributed by atoms with Gasteiger partial charge in [0.05, 0.1) is 11.0 Å². The molecule has 1 atom stereocenters. The molecule has 0 radical (unpaired) electrons. The highest BCUT2D eigenvalue weighted by Crippen LogP contribution is 2.51. The average Bonchev–Trinajstić information content (AvgIpc) is 3.57. The number of rotatable bonds is 5. The molecule has 0 bridgehead atoms. The Kier molecular flexibility index (Phi) is 6.36. The lowest BCUT2D eigenvalue weighted by molar-refractivity contribution is 0.658. The van der Waals surface area contributed by atoms with Crippen molar-refractivity contribution in [3.63, 3.8) is 0 Å². The second-order valence-electron chi connectivity index (χ2n) is 13.9. The number of aromatic nitrogens is 1. The van der Waals surface area contributed by atoms with Gasteiger partial charge >= 0.3 is 0 Å². The molecule has 8 aromatic rings. The van der Waals surface area contributed by atoms with Crippen molar-refractivity contribution < 1.29 is 0 Å². The quantitative estimate of drug-likeness (QED) is 0.170. The fourth-order valence-corrected chi connectivity index (χ4v) is 8.28. The molecule has 1 heteroatoms. The minimum atomic E-state index is -0.164. The van der Waals surface area contributed by atoms with Crippen molar-refractivity contribution >= 4 is 38.2 Å². The third-order valence-electron chi connectivity index (χ3n) is 10.7. The molecular formula is C47H37N. The molecular weight excluding hydrogens is 579 g/mol. The summed E-state index contributed by atoms with van der Waals surface area (Å²) in [5.74, 6) is 0.0910. The number of allylic oxidation sites excluding steroid dienone is 1. The van der Waals surface area contributed by atoms with Gasteiger partial charge in [0.2, 0.25) is 0 Å². The van der Waals surface area contributed by atoms with Gasteiger partial charge in [-0.1, -0.05) is 153 Å². The van der Waals surface area contributed by atoms with Gasteiger partial charge in [-0.25, -0.2) is 0 Å². The first-order valence-electron chi connectivity index (χ1n) is 16.9. The van der Waals surface area contributed by atoms with Crippen molar-refractivity contribution in [3.8, 4) is 16.8 Å². The van der Waals surface area contributed by atoms with Crippen LogP contribution in [-0.2, 0) is 5.41 Å². The van der Waals surface area contributed by atoms with Crippen molar-refractivity contribution in [2.24, 2.45) is 0 Å². The zero-order valence-corrected chi connectivity index (χ0v) is 27.7. The van der Waals surface area contributed by atoms with Crippen molar-refractivity contribution in [3.05, 3.63) is 192 Å². The number of para-hydroxylation sites is 2. The van der Waals surface area contributed by atoms with Gasteiger partial charge in [0.1, 0.15) is 0 Å². The molecule has 1 heterocycles. The van der Waals surface area contributed by atoms with E-state index in [-0.39, 0.29) is 11.3 Å². The second kappa shape index (κ2) is 10.7. The molecule has 0 amide bonds. The van der Waals surface area contributed by atoms with Gasteiger partial charge < -0.3 is 4.57 Å². The summed E-state index contributed by atoms with van der Waals surface area (Å²) in [5.41, 5.74) is 15.2. The summed E-state index contributed by atoms with van der Waals surface area (Å²) in [7, 11) is 0. The Balaban J connectivity index is 1.21. The van der Waals surface area contributed by atoms with Crippen LogP contribution in [0.15, 0.2) is 158 Å². The monoisotopic (exact) mass is 615 g/mol. The molecule has 0 N–H and O–H groups in total. The molecule has 7 aromatic carbocycles. The summed E-state index contributed by atoms with van der Waals surface area (Å²) < 4.78 is 2.43. The lowest BCUT2D eigenvalue weighted by Gasteiger charge is -2.25. The highest BCUT2D eigenvalue weighted by Gasteiger charge is 2.37. The summed E-state index contributed by atoms with van der Waals surface area (Å²) >= 11 is 0. The van der Waals surface area contributed by atoms with E-state index in [9.17, 15) is 0 Å². The standard InChI is InChI=1S/C47H37N/c1-30(2)31-20-22-33(23-21-31)46(41-17-11-13-32-12-5-6-14-36(32)41)34-24-26-37-38-27-25-35(29-43(38)47(3,4)42(37)28-34)48-44-18-9-7-15-39(44)40-16-8-10-19-45(40)48/h5-29,46H,1H2,2-4H3. The van der Waals surface area contributed by atoms with E-state index in [1.807, 2.05) is 0 Å². The largest absolute Gasteiger partial charge is 0.309 e. The van der Waals surface area contributed by atoms with E-state index in [2.05, 4.69) is 184 Å². The van der Waals surface area contributed by atoms with Gasteiger partial charge in [-0.15, -0.1) is 0 Å². The number of benzene rings is 7. The summed E-state index contributed by atoms with van der Waals surface area (Å²) in [6.07, 6.45) is 0. The molecule has 230 valence electrons. The fourth-order valence-electron chi connectivity index (χ4n) is 8.28. The normalized spacial score (nSPS) is 13.9. The smallest absolute Gasteiger partial charge is 0.0541 e. The maximum atomic E-state index is 4.18. The van der Waals surface area contributed by atoms with E-state index < -0.39 is 0 Å². The Hall–Kier alpha value is -5.66. The first-order chi connectivity index (χ1) is 23.4. The van der Waals surface area contributed by atoms with Gasteiger partial charge in [-0.2, -0.15) is 0 Å². The van der Waals surface area contributed by atoms with Crippen LogP contribution in [0.3, 0.4) is 0 Å². The molecule has 0 fully saturated rings. The molecule has 0 spiro atoms. The van der Waals surface area contributed by atoms with Crippen LogP contribution in [0.4, 0.5) is 0 Å². The lowest BCUT2D eigenvalue weighted by Crippen LogP contribution is -2.16. The highest BCUT2D eigenvalue weighted by atomic mass is 15.0. The summed E-state index contributed by atoms with van der Waals surface area (Å²) in [5, 5.41) is 5.14. The Morgan fingerprint density at radius 2 is 1.12 bits per heavy atom. The van der Waals surface area contributed by atoms with Gasteiger partial charge in [0.25, 0.3) is 0 Å². The predicted molar refractivity (Wildman–Crippen MR) is 204 cm³/mol. The Labute approximate surface area is 282 Å². The number of hydrogen-bond acceptors (Lipinski definition) is 0. The maximum Gasteiger partial charge on any atom is 0.0541 e. The predicted octanol–water partition coefficient (Wildman–Crippen LogP) is 12.5. The summed E-state index contributed by atoms with van der Waals surface area (Å²) in [6.45, 7) is 11.0. The molecule has 0 aliphatic heterocycles.